The quantitative estimate of drug-likeness (QED) is 0.853. The van der Waals surface area contributed by atoms with Gasteiger partial charge in [-0.1, -0.05) is 12.1 Å². The van der Waals surface area contributed by atoms with Crippen LogP contribution in [0.25, 0.3) is 0 Å². The molecule has 1 aromatic carbocycles. The lowest BCUT2D eigenvalue weighted by Crippen LogP contribution is -2.03. The molecule has 0 radical (unpaired) electrons. The van der Waals surface area contributed by atoms with Crippen LogP contribution >= 0.6 is 0 Å². The van der Waals surface area contributed by atoms with E-state index in [-0.39, 0.29) is 5.82 Å². The van der Waals surface area contributed by atoms with E-state index in [0.717, 1.165) is 0 Å². The molecule has 0 bridgehead atoms. The first-order chi connectivity index (χ1) is 8.22. The number of aliphatic hydroxyl groups excluding tert-OH is 1. The smallest absolute Gasteiger partial charge is 0.146 e. The molecule has 0 amide bonds. The number of aliphatic hydroxyl groups is 1. The first-order valence-corrected chi connectivity index (χ1v) is 5.28. The van der Waals surface area contributed by atoms with Gasteiger partial charge in [-0.3, -0.25) is 4.98 Å². The average Bonchev–Trinajstić information content (AvgIpc) is 2.39. The molecule has 0 aliphatic heterocycles. The van der Waals surface area contributed by atoms with E-state index in [0.29, 0.717) is 16.9 Å². The van der Waals surface area contributed by atoms with Gasteiger partial charge in [-0.05, 0) is 29.8 Å². The molecule has 1 aromatic heterocycles. The maximum Gasteiger partial charge on any atom is 0.146 e. The second kappa shape index (κ2) is 4.93. The second-order valence-electron chi connectivity index (χ2n) is 3.65. The minimum Gasteiger partial charge on any atom is -0.386 e. The molecule has 2 aromatic rings. The number of aromatic nitrogens is 1. The Morgan fingerprint density at radius 2 is 2.12 bits per heavy atom. The SMILES string of the molecule is CNc1cc(C(O)c2ccccn2)ccc1F. The highest BCUT2D eigenvalue weighted by Crippen LogP contribution is 2.24. The molecular weight excluding hydrogens is 219 g/mol. The molecule has 0 spiro atoms. The molecule has 1 atom stereocenters. The summed E-state index contributed by atoms with van der Waals surface area (Å²) in [5.74, 6) is -0.343. The lowest BCUT2D eigenvalue weighted by molar-refractivity contribution is 0.215. The number of anilines is 1. The molecule has 1 unspecified atom stereocenters. The molecule has 2 N–H and O–H groups in total. The molecule has 0 saturated carbocycles. The Kier molecular flexibility index (Phi) is 3.35. The number of hydrogen-bond acceptors (Lipinski definition) is 3. The van der Waals surface area contributed by atoms with Gasteiger partial charge in [-0.2, -0.15) is 0 Å². The van der Waals surface area contributed by atoms with Gasteiger partial charge in [0.1, 0.15) is 11.9 Å². The van der Waals surface area contributed by atoms with Gasteiger partial charge < -0.3 is 10.4 Å². The molecular formula is C13H13FN2O. The Morgan fingerprint density at radius 3 is 2.76 bits per heavy atom. The predicted octanol–water partition coefficient (Wildman–Crippen LogP) is 2.34. The van der Waals surface area contributed by atoms with Crippen molar-refractivity contribution >= 4 is 5.69 Å². The molecule has 0 aliphatic carbocycles. The molecule has 88 valence electrons. The van der Waals surface area contributed by atoms with E-state index in [4.69, 9.17) is 0 Å². The summed E-state index contributed by atoms with van der Waals surface area (Å²) in [5, 5.41) is 12.8. The Labute approximate surface area is 98.9 Å². The van der Waals surface area contributed by atoms with Crippen LogP contribution in [0.2, 0.25) is 0 Å². The van der Waals surface area contributed by atoms with Crippen molar-refractivity contribution in [2.45, 2.75) is 6.10 Å². The zero-order valence-corrected chi connectivity index (χ0v) is 9.39. The van der Waals surface area contributed by atoms with Crippen molar-refractivity contribution in [1.82, 2.24) is 4.98 Å². The maximum atomic E-state index is 13.3. The number of rotatable bonds is 3. The largest absolute Gasteiger partial charge is 0.386 e. The highest BCUT2D eigenvalue weighted by Gasteiger charge is 2.13. The monoisotopic (exact) mass is 232 g/mol. The number of pyridine rings is 1. The minimum atomic E-state index is -0.844. The fourth-order valence-corrected chi connectivity index (χ4v) is 1.61. The first-order valence-electron chi connectivity index (χ1n) is 5.28. The fraction of sp³-hybridized carbons (Fsp3) is 0.154. The standard InChI is InChI=1S/C13H13FN2O/c1-15-12-8-9(5-6-10(12)14)13(17)11-4-2-3-7-16-11/h2-8,13,15,17H,1H3. The summed E-state index contributed by atoms with van der Waals surface area (Å²) in [6.07, 6.45) is 0.769. The third kappa shape index (κ3) is 2.42. The van der Waals surface area contributed by atoms with Crippen LogP contribution in [-0.2, 0) is 0 Å². The summed E-state index contributed by atoms with van der Waals surface area (Å²) in [4.78, 5) is 4.07. The molecule has 2 rings (SSSR count). The molecule has 1 heterocycles. The highest BCUT2D eigenvalue weighted by molar-refractivity contribution is 5.48. The fourth-order valence-electron chi connectivity index (χ4n) is 1.61. The Bertz CT molecular complexity index is 502. The number of nitrogens with one attached hydrogen (secondary N) is 1. The number of nitrogens with zero attached hydrogens (tertiary/aromatic N) is 1. The van der Waals surface area contributed by atoms with Gasteiger partial charge in [0.15, 0.2) is 0 Å². The van der Waals surface area contributed by atoms with Gasteiger partial charge in [0.05, 0.1) is 11.4 Å². The second-order valence-corrected chi connectivity index (χ2v) is 3.65. The molecule has 0 fully saturated rings. The zero-order chi connectivity index (χ0) is 12.3. The number of benzene rings is 1. The van der Waals surface area contributed by atoms with Crippen molar-refractivity contribution in [1.29, 1.82) is 0 Å². The van der Waals surface area contributed by atoms with Crippen LogP contribution in [0.1, 0.15) is 17.4 Å². The van der Waals surface area contributed by atoms with Crippen molar-refractivity contribution < 1.29 is 9.50 Å². The predicted molar refractivity (Wildman–Crippen MR) is 64.2 cm³/mol. The highest BCUT2D eigenvalue weighted by atomic mass is 19.1. The summed E-state index contributed by atoms with van der Waals surface area (Å²) in [6, 6.07) is 9.76. The van der Waals surface area contributed by atoms with E-state index in [1.54, 1.807) is 43.6 Å². The Morgan fingerprint density at radius 1 is 1.29 bits per heavy atom. The van der Waals surface area contributed by atoms with Crippen LogP contribution in [0.3, 0.4) is 0 Å². The molecule has 4 heteroatoms. The lowest BCUT2D eigenvalue weighted by Gasteiger charge is -2.12. The molecule has 3 nitrogen and oxygen atoms in total. The van der Waals surface area contributed by atoms with E-state index in [1.807, 2.05) is 0 Å². The van der Waals surface area contributed by atoms with E-state index in [2.05, 4.69) is 10.3 Å². The van der Waals surface area contributed by atoms with Gasteiger partial charge in [0.2, 0.25) is 0 Å². The van der Waals surface area contributed by atoms with Crippen molar-refractivity contribution in [2.24, 2.45) is 0 Å². The van der Waals surface area contributed by atoms with Gasteiger partial charge >= 0.3 is 0 Å². The third-order valence-corrected chi connectivity index (χ3v) is 2.54. The van der Waals surface area contributed by atoms with Crippen LogP contribution in [0.5, 0.6) is 0 Å². The van der Waals surface area contributed by atoms with Crippen LogP contribution in [-0.4, -0.2) is 17.1 Å². The normalized spacial score (nSPS) is 12.2. The van der Waals surface area contributed by atoms with Crippen LogP contribution in [0.4, 0.5) is 10.1 Å². The lowest BCUT2D eigenvalue weighted by atomic mass is 10.1. The maximum absolute atomic E-state index is 13.3. The Balaban J connectivity index is 2.34. The summed E-state index contributed by atoms with van der Waals surface area (Å²) in [5.41, 5.74) is 1.51. The van der Waals surface area contributed by atoms with Crippen molar-refractivity contribution in [3.63, 3.8) is 0 Å². The van der Waals surface area contributed by atoms with Crippen LogP contribution in [0.15, 0.2) is 42.6 Å². The number of halogens is 1. The first kappa shape index (κ1) is 11.5. The zero-order valence-electron chi connectivity index (χ0n) is 9.39. The summed E-state index contributed by atoms with van der Waals surface area (Å²) in [7, 11) is 1.63. The van der Waals surface area contributed by atoms with Crippen LogP contribution < -0.4 is 5.32 Å². The van der Waals surface area contributed by atoms with Crippen molar-refractivity contribution in [3.05, 3.63) is 59.7 Å². The third-order valence-electron chi connectivity index (χ3n) is 2.54. The average molecular weight is 232 g/mol. The Hall–Kier alpha value is -1.94. The van der Waals surface area contributed by atoms with Crippen molar-refractivity contribution in [3.8, 4) is 0 Å². The van der Waals surface area contributed by atoms with Gasteiger partial charge in [0, 0.05) is 13.2 Å². The summed E-state index contributed by atoms with van der Waals surface area (Å²) < 4.78 is 13.3. The van der Waals surface area contributed by atoms with Gasteiger partial charge in [0.25, 0.3) is 0 Å². The molecule has 17 heavy (non-hydrogen) atoms. The van der Waals surface area contributed by atoms with E-state index < -0.39 is 6.10 Å². The molecule has 0 saturated heterocycles. The summed E-state index contributed by atoms with van der Waals surface area (Å²) in [6.45, 7) is 0. The summed E-state index contributed by atoms with van der Waals surface area (Å²) >= 11 is 0. The van der Waals surface area contributed by atoms with E-state index >= 15 is 0 Å². The van der Waals surface area contributed by atoms with E-state index in [1.165, 1.54) is 6.07 Å². The van der Waals surface area contributed by atoms with Crippen molar-refractivity contribution in [2.75, 3.05) is 12.4 Å². The van der Waals surface area contributed by atoms with Gasteiger partial charge in [-0.25, -0.2) is 4.39 Å². The molecule has 0 aliphatic rings. The van der Waals surface area contributed by atoms with Gasteiger partial charge in [-0.15, -0.1) is 0 Å². The van der Waals surface area contributed by atoms with E-state index in [9.17, 15) is 9.50 Å². The minimum absolute atomic E-state index is 0.343. The number of hydrogen-bond donors (Lipinski definition) is 2. The van der Waals surface area contributed by atoms with Crippen LogP contribution in [0, 0.1) is 5.82 Å². The topological polar surface area (TPSA) is 45.1 Å².